The van der Waals surface area contributed by atoms with E-state index in [0.29, 0.717) is 6.54 Å². The molecule has 0 spiro atoms. The van der Waals surface area contributed by atoms with Gasteiger partial charge in [-0.2, -0.15) is 0 Å². The molecule has 8 heteroatoms. The van der Waals surface area contributed by atoms with Crippen molar-refractivity contribution >= 4 is 23.6 Å². The molecule has 0 saturated carbocycles. The molecule has 0 bridgehead atoms. The summed E-state index contributed by atoms with van der Waals surface area (Å²) in [5.41, 5.74) is 9.73. The molecular weight excluding hydrogens is 300 g/mol. The van der Waals surface area contributed by atoms with Crippen LogP contribution in [0, 0.1) is 11.8 Å². The van der Waals surface area contributed by atoms with Crippen LogP contribution in [0.5, 0.6) is 0 Å². The summed E-state index contributed by atoms with van der Waals surface area (Å²) in [5, 5.41) is 5.04. The molecular formula is C15H30N4O4. The first kappa shape index (κ1) is 23.2. The highest BCUT2D eigenvalue weighted by molar-refractivity contribution is 5.84. The van der Waals surface area contributed by atoms with Crippen molar-refractivity contribution in [3.63, 3.8) is 0 Å². The third-order valence-corrected chi connectivity index (χ3v) is 3.23. The van der Waals surface area contributed by atoms with E-state index < -0.39 is 5.91 Å². The molecule has 0 rings (SSSR count). The molecule has 134 valence electrons. The Labute approximate surface area is 137 Å². The second-order valence-corrected chi connectivity index (χ2v) is 5.31. The SMILES string of the molecule is CCC(C)C(=O)NCC(N)=O.CCC(C)C(=O)NCCC(N)=O. The number of nitrogens with one attached hydrogen (secondary N) is 2. The Kier molecular flexibility index (Phi) is 13.6. The van der Waals surface area contributed by atoms with Gasteiger partial charge in [0.15, 0.2) is 0 Å². The maximum atomic E-state index is 11.1. The number of nitrogens with two attached hydrogens (primary N) is 2. The third kappa shape index (κ3) is 14.6. The Balaban J connectivity index is 0. The fraction of sp³-hybridized carbons (Fsp3) is 0.733. The summed E-state index contributed by atoms with van der Waals surface area (Å²) in [6.07, 6.45) is 1.79. The van der Waals surface area contributed by atoms with Crippen LogP contribution in [0.3, 0.4) is 0 Å². The average Bonchev–Trinajstić information content (AvgIpc) is 2.50. The summed E-state index contributed by atoms with van der Waals surface area (Å²) in [5.74, 6) is -1.07. The van der Waals surface area contributed by atoms with Gasteiger partial charge in [-0.25, -0.2) is 0 Å². The van der Waals surface area contributed by atoms with Gasteiger partial charge in [-0.1, -0.05) is 27.7 Å². The van der Waals surface area contributed by atoms with Crippen molar-refractivity contribution in [2.24, 2.45) is 23.3 Å². The normalized spacial score (nSPS) is 12.2. The van der Waals surface area contributed by atoms with E-state index in [1.54, 1.807) is 6.92 Å². The van der Waals surface area contributed by atoms with Gasteiger partial charge in [0.2, 0.25) is 23.6 Å². The average molecular weight is 330 g/mol. The van der Waals surface area contributed by atoms with Crippen LogP contribution in [0.4, 0.5) is 0 Å². The molecule has 0 saturated heterocycles. The smallest absolute Gasteiger partial charge is 0.236 e. The maximum Gasteiger partial charge on any atom is 0.236 e. The zero-order valence-electron chi connectivity index (χ0n) is 14.5. The first-order valence-electron chi connectivity index (χ1n) is 7.77. The molecule has 0 aromatic heterocycles. The lowest BCUT2D eigenvalue weighted by atomic mass is 10.1. The third-order valence-electron chi connectivity index (χ3n) is 3.23. The van der Waals surface area contributed by atoms with Gasteiger partial charge in [0.05, 0.1) is 6.54 Å². The molecule has 0 radical (unpaired) electrons. The predicted molar refractivity (Wildman–Crippen MR) is 87.9 cm³/mol. The van der Waals surface area contributed by atoms with Gasteiger partial charge in [-0.3, -0.25) is 19.2 Å². The fourth-order valence-electron chi connectivity index (χ4n) is 1.20. The van der Waals surface area contributed by atoms with E-state index in [1.807, 2.05) is 20.8 Å². The molecule has 0 aliphatic carbocycles. The quantitative estimate of drug-likeness (QED) is 0.458. The molecule has 0 aliphatic heterocycles. The topological polar surface area (TPSA) is 144 Å². The number of carbonyl (C=O) groups is 4. The summed E-state index contributed by atoms with van der Waals surface area (Å²) < 4.78 is 0. The summed E-state index contributed by atoms with van der Waals surface area (Å²) in [6.45, 7) is 7.78. The monoisotopic (exact) mass is 330 g/mol. The van der Waals surface area contributed by atoms with Crippen LogP contribution in [-0.4, -0.2) is 36.7 Å². The Morgan fingerprint density at radius 2 is 1.26 bits per heavy atom. The lowest BCUT2D eigenvalue weighted by molar-refractivity contribution is -0.127. The van der Waals surface area contributed by atoms with Gasteiger partial charge in [-0.15, -0.1) is 0 Å². The van der Waals surface area contributed by atoms with Crippen LogP contribution < -0.4 is 22.1 Å². The van der Waals surface area contributed by atoms with E-state index in [0.717, 1.165) is 12.8 Å². The van der Waals surface area contributed by atoms with Crippen molar-refractivity contribution in [3.8, 4) is 0 Å². The number of amides is 4. The summed E-state index contributed by atoms with van der Waals surface area (Å²) in [4.78, 5) is 42.6. The number of hydrogen-bond acceptors (Lipinski definition) is 4. The maximum absolute atomic E-state index is 11.1. The van der Waals surface area contributed by atoms with Gasteiger partial charge in [-0.05, 0) is 12.8 Å². The summed E-state index contributed by atoms with van der Waals surface area (Å²) in [6, 6.07) is 0. The zero-order chi connectivity index (χ0) is 18.4. The summed E-state index contributed by atoms with van der Waals surface area (Å²) in [7, 11) is 0. The molecule has 4 amide bonds. The molecule has 2 unspecified atom stereocenters. The van der Waals surface area contributed by atoms with E-state index in [-0.39, 0.29) is 42.5 Å². The Morgan fingerprint density at radius 1 is 0.826 bits per heavy atom. The molecule has 0 aromatic carbocycles. The lowest BCUT2D eigenvalue weighted by Gasteiger charge is -2.08. The van der Waals surface area contributed by atoms with Crippen LogP contribution in [0.1, 0.15) is 47.0 Å². The van der Waals surface area contributed by atoms with Gasteiger partial charge in [0.25, 0.3) is 0 Å². The highest BCUT2D eigenvalue weighted by atomic mass is 16.2. The van der Waals surface area contributed by atoms with E-state index >= 15 is 0 Å². The molecule has 0 aliphatic rings. The molecule has 8 nitrogen and oxygen atoms in total. The number of rotatable bonds is 9. The molecule has 6 N–H and O–H groups in total. The molecule has 2 atom stereocenters. The Hall–Kier alpha value is -2.12. The molecule has 23 heavy (non-hydrogen) atoms. The van der Waals surface area contributed by atoms with Crippen molar-refractivity contribution in [2.75, 3.05) is 13.1 Å². The van der Waals surface area contributed by atoms with Crippen LogP contribution >= 0.6 is 0 Å². The Morgan fingerprint density at radius 3 is 1.61 bits per heavy atom. The highest BCUT2D eigenvalue weighted by Gasteiger charge is 2.10. The van der Waals surface area contributed by atoms with Crippen molar-refractivity contribution < 1.29 is 19.2 Å². The van der Waals surface area contributed by atoms with Gasteiger partial charge in [0, 0.05) is 24.8 Å². The molecule has 0 aromatic rings. The zero-order valence-corrected chi connectivity index (χ0v) is 14.5. The van der Waals surface area contributed by atoms with Crippen molar-refractivity contribution in [1.82, 2.24) is 10.6 Å². The first-order chi connectivity index (χ1) is 10.6. The second kappa shape index (κ2) is 13.5. The fourth-order valence-corrected chi connectivity index (χ4v) is 1.20. The standard InChI is InChI=1S/C8H16N2O2.C7H14N2O2/c1-3-6(2)8(12)10-5-4-7(9)11;1-3-5(2)7(11)9-4-6(8)10/h6H,3-5H2,1-2H3,(H2,9,11)(H,10,12);5H,3-4H2,1-2H3,(H2,8,10)(H,9,11). The number of hydrogen-bond donors (Lipinski definition) is 4. The van der Waals surface area contributed by atoms with Gasteiger partial charge < -0.3 is 22.1 Å². The number of carbonyl (C=O) groups excluding carboxylic acids is 4. The minimum absolute atomic E-state index is 0.0119. The van der Waals surface area contributed by atoms with Crippen molar-refractivity contribution in [3.05, 3.63) is 0 Å². The molecule has 0 fully saturated rings. The minimum atomic E-state index is -0.512. The van der Waals surface area contributed by atoms with E-state index in [4.69, 9.17) is 11.5 Å². The lowest BCUT2D eigenvalue weighted by Crippen LogP contribution is -2.36. The van der Waals surface area contributed by atoms with Crippen LogP contribution in [0.25, 0.3) is 0 Å². The predicted octanol–water partition coefficient (Wildman–Crippen LogP) is -0.342. The van der Waals surface area contributed by atoms with E-state index in [9.17, 15) is 19.2 Å². The molecule has 0 heterocycles. The van der Waals surface area contributed by atoms with Crippen LogP contribution in [0.15, 0.2) is 0 Å². The van der Waals surface area contributed by atoms with E-state index in [2.05, 4.69) is 10.6 Å². The Bertz CT molecular complexity index is 399. The van der Waals surface area contributed by atoms with Crippen LogP contribution in [-0.2, 0) is 19.2 Å². The largest absolute Gasteiger partial charge is 0.370 e. The van der Waals surface area contributed by atoms with Crippen LogP contribution in [0.2, 0.25) is 0 Å². The first-order valence-corrected chi connectivity index (χ1v) is 7.77. The van der Waals surface area contributed by atoms with Gasteiger partial charge >= 0.3 is 0 Å². The van der Waals surface area contributed by atoms with Crippen molar-refractivity contribution in [1.29, 1.82) is 0 Å². The van der Waals surface area contributed by atoms with Crippen molar-refractivity contribution in [2.45, 2.75) is 47.0 Å². The number of primary amides is 2. The minimum Gasteiger partial charge on any atom is -0.370 e. The highest BCUT2D eigenvalue weighted by Crippen LogP contribution is 1.99. The van der Waals surface area contributed by atoms with E-state index in [1.165, 1.54) is 0 Å². The second-order valence-electron chi connectivity index (χ2n) is 5.31. The summed E-state index contributed by atoms with van der Waals surface area (Å²) >= 11 is 0. The van der Waals surface area contributed by atoms with Gasteiger partial charge in [0.1, 0.15) is 0 Å².